The highest BCUT2D eigenvalue weighted by molar-refractivity contribution is 5.14. The standard InChI is InChI=1S/C17H31N3/c1-5-7-8-11-20(15(3)4)14-17-10-9-16(13-19-17)12-18-6-2/h9-10,13,15,18H,5-8,11-12,14H2,1-4H3. The van der Waals surface area contributed by atoms with Gasteiger partial charge in [0.1, 0.15) is 0 Å². The Morgan fingerprint density at radius 3 is 2.55 bits per heavy atom. The van der Waals surface area contributed by atoms with Crippen LogP contribution in [0, 0.1) is 0 Å². The molecular formula is C17H31N3. The third kappa shape index (κ3) is 6.49. The molecule has 0 saturated carbocycles. The average Bonchev–Trinajstić information content (AvgIpc) is 2.45. The van der Waals surface area contributed by atoms with Crippen LogP contribution in [0.25, 0.3) is 0 Å². The maximum absolute atomic E-state index is 4.60. The molecule has 0 bridgehead atoms. The molecule has 20 heavy (non-hydrogen) atoms. The molecule has 1 N–H and O–H groups in total. The Hall–Kier alpha value is -0.930. The van der Waals surface area contributed by atoms with Gasteiger partial charge in [-0.05, 0) is 45.0 Å². The molecule has 0 saturated heterocycles. The van der Waals surface area contributed by atoms with Crippen LogP contribution in [-0.2, 0) is 13.1 Å². The van der Waals surface area contributed by atoms with Gasteiger partial charge in [-0.1, -0.05) is 32.8 Å². The van der Waals surface area contributed by atoms with Gasteiger partial charge in [0, 0.05) is 25.3 Å². The van der Waals surface area contributed by atoms with E-state index in [9.17, 15) is 0 Å². The highest BCUT2D eigenvalue weighted by Gasteiger charge is 2.10. The molecule has 1 aromatic heterocycles. The minimum atomic E-state index is 0.579. The van der Waals surface area contributed by atoms with Crippen LogP contribution in [0.5, 0.6) is 0 Å². The zero-order chi connectivity index (χ0) is 14.8. The van der Waals surface area contributed by atoms with Crippen molar-refractivity contribution in [3.8, 4) is 0 Å². The van der Waals surface area contributed by atoms with E-state index in [-0.39, 0.29) is 0 Å². The van der Waals surface area contributed by atoms with Crippen LogP contribution >= 0.6 is 0 Å². The fraction of sp³-hybridized carbons (Fsp3) is 0.706. The number of unbranched alkanes of at least 4 members (excludes halogenated alkanes) is 2. The SMILES string of the molecule is CCCCCN(Cc1ccc(CNCC)cn1)C(C)C. The molecule has 0 unspecified atom stereocenters. The minimum absolute atomic E-state index is 0.579. The third-order valence-corrected chi connectivity index (χ3v) is 3.61. The van der Waals surface area contributed by atoms with Gasteiger partial charge >= 0.3 is 0 Å². The molecule has 1 aromatic rings. The lowest BCUT2D eigenvalue weighted by Crippen LogP contribution is -2.31. The fourth-order valence-electron chi connectivity index (χ4n) is 2.22. The molecule has 1 heterocycles. The molecule has 114 valence electrons. The van der Waals surface area contributed by atoms with Crippen molar-refractivity contribution in [1.29, 1.82) is 0 Å². The van der Waals surface area contributed by atoms with E-state index >= 15 is 0 Å². The van der Waals surface area contributed by atoms with E-state index in [1.165, 1.54) is 37.1 Å². The van der Waals surface area contributed by atoms with Crippen LogP contribution in [0.2, 0.25) is 0 Å². The van der Waals surface area contributed by atoms with Crippen molar-refractivity contribution in [2.45, 2.75) is 66.1 Å². The molecular weight excluding hydrogens is 246 g/mol. The molecule has 0 atom stereocenters. The van der Waals surface area contributed by atoms with Gasteiger partial charge in [0.05, 0.1) is 5.69 Å². The molecule has 0 aliphatic heterocycles. The number of pyridine rings is 1. The van der Waals surface area contributed by atoms with Gasteiger partial charge in [0.2, 0.25) is 0 Å². The Morgan fingerprint density at radius 2 is 2.00 bits per heavy atom. The van der Waals surface area contributed by atoms with Crippen molar-refractivity contribution in [2.24, 2.45) is 0 Å². The fourth-order valence-corrected chi connectivity index (χ4v) is 2.22. The number of nitrogens with one attached hydrogen (secondary N) is 1. The van der Waals surface area contributed by atoms with Crippen LogP contribution in [0.3, 0.4) is 0 Å². The number of hydrogen-bond acceptors (Lipinski definition) is 3. The highest BCUT2D eigenvalue weighted by Crippen LogP contribution is 2.09. The largest absolute Gasteiger partial charge is 0.313 e. The second-order valence-electron chi connectivity index (χ2n) is 5.71. The molecule has 0 aromatic carbocycles. The summed E-state index contributed by atoms with van der Waals surface area (Å²) in [6.07, 6.45) is 5.89. The van der Waals surface area contributed by atoms with E-state index in [4.69, 9.17) is 0 Å². The monoisotopic (exact) mass is 277 g/mol. The van der Waals surface area contributed by atoms with Crippen molar-refractivity contribution in [2.75, 3.05) is 13.1 Å². The van der Waals surface area contributed by atoms with Crippen LogP contribution in [0.1, 0.15) is 58.2 Å². The number of aromatic nitrogens is 1. The molecule has 0 fully saturated rings. The van der Waals surface area contributed by atoms with Crippen molar-refractivity contribution in [3.63, 3.8) is 0 Å². The zero-order valence-electron chi connectivity index (χ0n) is 13.7. The lowest BCUT2D eigenvalue weighted by Gasteiger charge is -2.26. The Labute approximate surface area is 124 Å². The van der Waals surface area contributed by atoms with Gasteiger partial charge in [-0.2, -0.15) is 0 Å². The lowest BCUT2D eigenvalue weighted by atomic mass is 10.2. The predicted octanol–water partition coefficient (Wildman–Crippen LogP) is 3.59. The van der Waals surface area contributed by atoms with Crippen LogP contribution < -0.4 is 5.32 Å². The van der Waals surface area contributed by atoms with E-state index in [1.54, 1.807) is 0 Å². The van der Waals surface area contributed by atoms with Gasteiger partial charge in [-0.3, -0.25) is 9.88 Å². The van der Waals surface area contributed by atoms with Crippen LogP contribution in [0.15, 0.2) is 18.3 Å². The van der Waals surface area contributed by atoms with Crippen LogP contribution in [0.4, 0.5) is 0 Å². The second kappa shape index (κ2) is 9.89. The number of hydrogen-bond donors (Lipinski definition) is 1. The summed E-state index contributed by atoms with van der Waals surface area (Å²) in [6, 6.07) is 4.94. The molecule has 0 radical (unpaired) electrons. The van der Waals surface area contributed by atoms with Crippen molar-refractivity contribution >= 4 is 0 Å². The first kappa shape index (κ1) is 17.1. The van der Waals surface area contributed by atoms with E-state index in [0.717, 1.165) is 19.6 Å². The van der Waals surface area contributed by atoms with E-state index in [1.807, 2.05) is 6.20 Å². The normalized spacial score (nSPS) is 11.5. The van der Waals surface area contributed by atoms with Gasteiger partial charge < -0.3 is 5.32 Å². The predicted molar refractivity (Wildman–Crippen MR) is 86.7 cm³/mol. The quantitative estimate of drug-likeness (QED) is 0.662. The van der Waals surface area contributed by atoms with Gasteiger partial charge in [0.15, 0.2) is 0 Å². The summed E-state index contributed by atoms with van der Waals surface area (Å²) >= 11 is 0. The minimum Gasteiger partial charge on any atom is -0.313 e. The molecule has 0 aliphatic carbocycles. The topological polar surface area (TPSA) is 28.2 Å². The van der Waals surface area contributed by atoms with Gasteiger partial charge in [0.25, 0.3) is 0 Å². The van der Waals surface area contributed by atoms with Crippen molar-refractivity contribution < 1.29 is 0 Å². The van der Waals surface area contributed by atoms with Crippen LogP contribution in [-0.4, -0.2) is 29.0 Å². The third-order valence-electron chi connectivity index (χ3n) is 3.61. The molecule has 3 heteroatoms. The smallest absolute Gasteiger partial charge is 0.0544 e. The Balaban J connectivity index is 2.50. The summed E-state index contributed by atoms with van der Waals surface area (Å²) in [7, 11) is 0. The Morgan fingerprint density at radius 1 is 1.20 bits per heavy atom. The first-order valence-electron chi connectivity index (χ1n) is 8.05. The molecule has 0 spiro atoms. The first-order valence-corrected chi connectivity index (χ1v) is 8.05. The average molecular weight is 277 g/mol. The number of rotatable bonds is 10. The maximum atomic E-state index is 4.60. The summed E-state index contributed by atoms with van der Waals surface area (Å²) < 4.78 is 0. The van der Waals surface area contributed by atoms with E-state index in [2.05, 4.69) is 55.0 Å². The van der Waals surface area contributed by atoms with E-state index < -0.39 is 0 Å². The van der Waals surface area contributed by atoms with Gasteiger partial charge in [-0.25, -0.2) is 0 Å². The Bertz CT molecular complexity index is 346. The summed E-state index contributed by atoms with van der Waals surface area (Å²) in [5.74, 6) is 0. The Kier molecular flexibility index (Phi) is 8.47. The number of nitrogens with zero attached hydrogens (tertiary/aromatic N) is 2. The zero-order valence-corrected chi connectivity index (χ0v) is 13.7. The summed E-state index contributed by atoms with van der Waals surface area (Å²) in [5.41, 5.74) is 2.44. The molecule has 3 nitrogen and oxygen atoms in total. The summed E-state index contributed by atoms with van der Waals surface area (Å²) in [4.78, 5) is 7.12. The molecule has 0 amide bonds. The van der Waals surface area contributed by atoms with E-state index in [0.29, 0.717) is 6.04 Å². The molecule has 1 rings (SSSR count). The van der Waals surface area contributed by atoms with Crippen molar-refractivity contribution in [1.82, 2.24) is 15.2 Å². The maximum Gasteiger partial charge on any atom is 0.0544 e. The highest BCUT2D eigenvalue weighted by atomic mass is 15.1. The second-order valence-corrected chi connectivity index (χ2v) is 5.71. The van der Waals surface area contributed by atoms with Gasteiger partial charge in [-0.15, -0.1) is 0 Å². The first-order chi connectivity index (χ1) is 9.67. The summed E-state index contributed by atoms with van der Waals surface area (Å²) in [5, 5.41) is 3.33. The molecule has 0 aliphatic rings. The summed E-state index contributed by atoms with van der Waals surface area (Å²) in [6.45, 7) is 13.0. The lowest BCUT2D eigenvalue weighted by molar-refractivity contribution is 0.206. The van der Waals surface area contributed by atoms with Crippen molar-refractivity contribution in [3.05, 3.63) is 29.6 Å².